The molecule has 2 atom stereocenters. The quantitative estimate of drug-likeness (QED) is 0.334. The van der Waals surface area contributed by atoms with Gasteiger partial charge in [0.15, 0.2) is 5.78 Å². The van der Waals surface area contributed by atoms with Gasteiger partial charge in [0.05, 0.1) is 11.5 Å². The van der Waals surface area contributed by atoms with Gasteiger partial charge in [-0.05, 0) is 40.8 Å². The average molecular weight is 448 g/mol. The van der Waals surface area contributed by atoms with Crippen molar-refractivity contribution in [2.75, 3.05) is 0 Å². The molecule has 1 aliphatic rings. The summed E-state index contributed by atoms with van der Waals surface area (Å²) in [5, 5.41) is 12.6. The summed E-state index contributed by atoms with van der Waals surface area (Å²) in [6, 6.07) is 35.6. The maximum atomic E-state index is 14.0. The van der Waals surface area contributed by atoms with Crippen molar-refractivity contribution in [3.8, 4) is 5.75 Å². The lowest BCUT2D eigenvalue weighted by molar-refractivity contribution is -0.129. The summed E-state index contributed by atoms with van der Waals surface area (Å²) in [4.78, 5) is 27.7. The van der Waals surface area contributed by atoms with Crippen LogP contribution in [0, 0.1) is 5.92 Å². The lowest BCUT2D eigenvalue weighted by Crippen LogP contribution is -2.44. The van der Waals surface area contributed by atoms with Crippen molar-refractivity contribution in [2.45, 2.75) is 17.9 Å². The van der Waals surface area contributed by atoms with Gasteiger partial charge >= 0.3 is 0 Å². The van der Waals surface area contributed by atoms with Crippen LogP contribution in [0.3, 0.4) is 0 Å². The third-order valence-corrected chi connectivity index (χ3v) is 6.70. The predicted octanol–water partition coefficient (Wildman–Crippen LogP) is 4.65. The van der Waals surface area contributed by atoms with E-state index in [1.54, 1.807) is 24.3 Å². The van der Waals surface area contributed by atoms with Crippen molar-refractivity contribution >= 4 is 11.7 Å². The second-order valence-electron chi connectivity index (χ2n) is 8.67. The van der Waals surface area contributed by atoms with Gasteiger partial charge in [-0.25, -0.2) is 0 Å². The fourth-order valence-electron chi connectivity index (χ4n) is 5.19. The Balaban J connectivity index is 1.68. The predicted molar refractivity (Wildman–Crippen MR) is 131 cm³/mol. The van der Waals surface area contributed by atoms with E-state index in [1.165, 1.54) is 0 Å². The van der Waals surface area contributed by atoms with E-state index < -0.39 is 17.4 Å². The highest BCUT2D eigenvalue weighted by atomic mass is 16.3. The molecule has 1 heterocycles. The van der Waals surface area contributed by atoms with Gasteiger partial charge in [-0.1, -0.05) is 103 Å². The Morgan fingerprint density at radius 2 is 1.09 bits per heavy atom. The molecule has 0 bridgehead atoms. The summed E-state index contributed by atoms with van der Waals surface area (Å²) in [5.41, 5.74) is 2.58. The van der Waals surface area contributed by atoms with Crippen molar-refractivity contribution < 1.29 is 14.7 Å². The number of rotatable bonds is 6. The van der Waals surface area contributed by atoms with Gasteiger partial charge in [0, 0.05) is 0 Å². The van der Waals surface area contributed by atoms with Crippen LogP contribution in [0.1, 0.15) is 22.3 Å². The monoisotopic (exact) mass is 447 g/mol. The van der Waals surface area contributed by atoms with Crippen LogP contribution >= 0.6 is 0 Å². The van der Waals surface area contributed by atoms with E-state index in [9.17, 15) is 14.7 Å². The normalized spacial score (nSPS) is 18.0. The Hall–Kier alpha value is -4.18. The number of amides is 1. The van der Waals surface area contributed by atoms with Gasteiger partial charge in [0.25, 0.3) is 0 Å². The summed E-state index contributed by atoms with van der Waals surface area (Å²) in [6.45, 7) is 0. The number of carbonyl (C=O) groups is 2. The first-order valence-corrected chi connectivity index (χ1v) is 11.4. The zero-order valence-electron chi connectivity index (χ0n) is 18.6. The van der Waals surface area contributed by atoms with E-state index in [-0.39, 0.29) is 17.4 Å². The smallest absolute Gasteiger partial charge is 0.232 e. The first-order chi connectivity index (χ1) is 16.6. The minimum absolute atomic E-state index is 0.130. The van der Waals surface area contributed by atoms with E-state index >= 15 is 0 Å². The Kier molecular flexibility index (Phi) is 5.72. The number of ketones is 1. The number of aromatic hydroxyl groups is 1. The van der Waals surface area contributed by atoms with Gasteiger partial charge in [-0.2, -0.15) is 0 Å². The molecule has 2 unspecified atom stereocenters. The molecular formula is C30H25NO3. The summed E-state index contributed by atoms with van der Waals surface area (Å²) in [5.74, 6) is -1.17. The standard InChI is InChI=1S/C30H25NO3/c32-25-18-16-21(17-19-25)20-26-28(33)27(29(34)31-26)30(22-10-4-1-5-11-22,23-12-6-2-7-13-23)24-14-8-3-9-15-24/h1-19,26-27,32H,20H2,(H,31,34). The molecule has 168 valence electrons. The third-order valence-electron chi connectivity index (χ3n) is 6.70. The van der Waals surface area contributed by atoms with Crippen LogP contribution in [0.25, 0.3) is 0 Å². The van der Waals surface area contributed by atoms with Crippen LogP contribution in [-0.2, 0) is 21.4 Å². The molecule has 1 aliphatic heterocycles. The van der Waals surface area contributed by atoms with Crippen LogP contribution in [0.4, 0.5) is 0 Å². The van der Waals surface area contributed by atoms with Crippen LogP contribution in [0.5, 0.6) is 5.75 Å². The van der Waals surface area contributed by atoms with Gasteiger partial charge in [-0.15, -0.1) is 0 Å². The number of phenolic OH excluding ortho intramolecular Hbond substituents is 1. The van der Waals surface area contributed by atoms with Crippen LogP contribution < -0.4 is 5.32 Å². The second kappa shape index (κ2) is 8.99. The number of Topliss-reactive ketones (excluding diaryl/α,β-unsaturated/α-hetero) is 1. The molecule has 1 saturated heterocycles. The van der Waals surface area contributed by atoms with Crippen molar-refractivity contribution in [1.29, 1.82) is 0 Å². The highest BCUT2D eigenvalue weighted by Crippen LogP contribution is 2.47. The zero-order valence-corrected chi connectivity index (χ0v) is 18.6. The maximum Gasteiger partial charge on any atom is 0.232 e. The molecule has 2 N–H and O–H groups in total. The number of hydrogen-bond donors (Lipinski definition) is 2. The van der Waals surface area contributed by atoms with Crippen LogP contribution in [0.15, 0.2) is 115 Å². The van der Waals surface area contributed by atoms with E-state index in [0.29, 0.717) is 6.42 Å². The number of phenols is 1. The molecule has 1 amide bonds. The fraction of sp³-hybridized carbons (Fsp3) is 0.133. The molecule has 4 heteroatoms. The van der Waals surface area contributed by atoms with Crippen molar-refractivity contribution in [1.82, 2.24) is 5.32 Å². The highest BCUT2D eigenvalue weighted by Gasteiger charge is 2.56. The van der Waals surface area contributed by atoms with Gasteiger partial charge in [-0.3, -0.25) is 9.59 Å². The molecule has 0 spiro atoms. The molecule has 4 nitrogen and oxygen atoms in total. The SMILES string of the molecule is O=C1NC(Cc2ccc(O)cc2)C(=O)C1C(c1ccccc1)(c1ccccc1)c1ccccc1. The Morgan fingerprint density at radius 1 is 0.647 bits per heavy atom. The Morgan fingerprint density at radius 3 is 1.53 bits per heavy atom. The van der Waals surface area contributed by atoms with Gasteiger partial charge in [0.2, 0.25) is 5.91 Å². The Labute approximate surface area is 198 Å². The van der Waals surface area contributed by atoms with E-state index in [0.717, 1.165) is 22.3 Å². The number of nitrogens with one attached hydrogen (secondary N) is 1. The molecule has 1 fully saturated rings. The van der Waals surface area contributed by atoms with E-state index in [1.807, 2.05) is 91.0 Å². The van der Waals surface area contributed by atoms with E-state index in [4.69, 9.17) is 0 Å². The first-order valence-electron chi connectivity index (χ1n) is 11.4. The molecule has 0 aliphatic carbocycles. The maximum absolute atomic E-state index is 14.0. The first kappa shape index (κ1) is 21.7. The van der Waals surface area contributed by atoms with Crippen LogP contribution in [0.2, 0.25) is 0 Å². The molecule has 0 aromatic heterocycles. The number of hydrogen-bond acceptors (Lipinski definition) is 3. The van der Waals surface area contributed by atoms with E-state index in [2.05, 4.69) is 5.32 Å². The molecule has 34 heavy (non-hydrogen) atoms. The molecule has 4 aromatic carbocycles. The molecule has 4 aromatic rings. The molecular weight excluding hydrogens is 422 g/mol. The van der Waals surface area contributed by atoms with Gasteiger partial charge < -0.3 is 10.4 Å². The van der Waals surface area contributed by atoms with Crippen molar-refractivity contribution in [3.05, 3.63) is 138 Å². The fourth-order valence-corrected chi connectivity index (χ4v) is 5.19. The minimum atomic E-state index is -0.978. The third kappa shape index (κ3) is 3.67. The van der Waals surface area contributed by atoms with Crippen LogP contribution in [-0.4, -0.2) is 22.8 Å². The van der Waals surface area contributed by atoms with Crippen molar-refractivity contribution in [2.24, 2.45) is 5.92 Å². The topological polar surface area (TPSA) is 66.4 Å². The number of carbonyl (C=O) groups excluding carboxylic acids is 2. The molecule has 5 rings (SSSR count). The lowest BCUT2D eigenvalue weighted by Gasteiger charge is -2.39. The summed E-state index contributed by atoms with van der Waals surface area (Å²) in [6.07, 6.45) is 0.371. The molecule has 0 radical (unpaired) electrons. The summed E-state index contributed by atoms with van der Waals surface area (Å²) < 4.78 is 0. The Bertz CT molecular complexity index is 1190. The summed E-state index contributed by atoms with van der Waals surface area (Å²) >= 11 is 0. The minimum Gasteiger partial charge on any atom is -0.508 e. The number of benzene rings is 4. The highest BCUT2D eigenvalue weighted by molar-refractivity contribution is 6.13. The van der Waals surface area contributed by atoms with Gasteiger partial charge in [0.1, 0.15) is 11.7 Å². The molecule has 0 saturated carbocycles. The average Bonchev–Trinajstić information content (AvgIpc) is 3.16. The second-order valence-corrected chi connectivity index (χ2v) is 8.67. The largest absolute Gasteiger partial charge is 0.508 e. The summed E-state index contributed by atoms with van der Waals surface area (Å²) in [7, 11) is 0. The zero-order chi connectivity index (χ0) is 23.5. The lowest BCUT2D eigenvalue weighted by atomic mass is 9.60. The van der Waals surface area contributed by atoms with Crippen molar-refractivity contribution in [3.63, 3.8) is 0 Å².